The highest BCUT2D eigenvalue weighted by Gasteiger charge is 2.15. The van der Waals surface area contributed by atoms with Crippen LogP contribution >= 0.6 is 57.9 Å². The molecule has 0 aliphatic rings. The predicted octanol–water partition coefficient (Wildman–Crippen LogP) is 5.99. The van der Waals surface area contributed by atoms with Crippen LogP contribution in [0.15, 0.2) is 40.1 Å². The van der Waals surface area contributed by atoms with E-state index in [0.717, 1.165) is 20.0 Å². The molecule has 2 aromatic carbocycles. The van der Waals surface area contributed by atoms with Gasteiger partial charge in [-0.1, -0.05) is 57.9 Å². The molecule has 3 aromatic rings. The third kappa shape index (κ3) is 2.71. The number of thiazole rings is 1. The standard InChI is InChI=1S/C13H7Cl3N2S2/c14-6-1-3-7(4-2-6)19-11-8(15)5-9-12(10(11)16)20-13(17)18-9/h1-5H,(H2,17,18). The van der Waals surface area contributed by atoms with Gasteiger partial charge in [-0.3, -0.25) is 0 Å². The summed E-state index contributed by atoms with van der Waals surface area (Å²) in [7, 11) is 0. The van der Waals surface area contributed by atoms with Crippen LogP contribution in [0.3, 0.4) is 0 Å². The molecule has 102 valence electrons. The van der Waals surface area contributed by atoms with Crippen molar-refractivity contribution < 1.29 is 0 Å². The molecule has 0 saturated heterocycles. The number of hydrogen-bond donors (Lipinski definition) is 1. The Morgan fingerprint density at radius 1 is 1.10 bits per heavy atom. The number of hydrogen-bond acceptors (Lipinski definition) is 4. The summed E-state index contributed by atoms with van der Waals surface area (Å²) in [6.45, 7) is 0. The highest BCUT2D eigenvalue weighted by molar-refractivity contribution is 7.99. The smallest absolute Gasteiger partial charge is 0.181 e. The minimum Gasteiger partial charge on any atom is -0.375 e. The summed E-state index contributed by atoms with van der Waals surface area (Å²) < 4.78 is 0.852. The van der Waals surface area contributed by atoms with Crippen LogP contribution in [0, 0.1) is 0 Å². The van der Waals surface area contributed by atoms with Gasteiger partial charge in [-0.2, -0.15) is 0 Å². The molecule has 3 rings (SSSR count). The summed E-state index contributed by atoms with van der Waals surface area (Å²) in [5, 5.41) is 2.32. The predicted molar refractivity (Wildman–Crippen MR) is 89.6 cm³/mol. The lowest BCUT2D eigenvalue weighted by atomic mass is 10.3. The van der Waals surface area contributed by atoms with Crippen LogP contribution in [-0.4, -0.2) is 4.98 Å². The van der Waals surface area contributed by atoms with Crippen LogP contribution in [0.1, 0.15) is 0 Å². The molecule has 1 heterocycles. The third-order valence-electron chi connectivity index (χ3n) is 2.58. The molecule has 2 nitrogen and oxygen atoms in total. The van der Waals surface area contributed by atoms with Gasteiger partial charge in [-0.15, -0.1) is 0 Å². The second-order valence-corrected chi connectivity index (χ2v) is 7.29. The van der Waals surface area contributed by atoms with E-state index < -0.39 is 0 Å². The summed E-state index contributed by atoms with van der Waals surface area (Å²) in [5.74, 6) is 0. The second-order valence-electron chi connectivity index (χ2n) is 3.96. The van der Waals surface area contributed by atoms with E-state index in [-0.39, 0.29) is 0 Å². The van der Waals surface area contributed by atoms with Gasteiger partial charge in [-0.25, -0.2) is 4.98 Å². The van der Waals surface area contributed by atoms with Crippen LogP contribution in [0.2, 0.25) is 15.1 Å². The summed E-state index contributed by atoms with van der Waals surface area (Å²) >= 11 is 21.4. The third-order valence-corrected chi connectivity index (χ3v) is 5.90. The monoisotopic (exact) mass is 360 g/mol. The van der Waals surface area contributed by atoms with Crippen LogP contribution in [0.25, 0.3) is 10.2 Å². The Labute approximate surface area is 138 Å². The molecule has 2 N–H and O–H groups in total. The minimum atomic E-state index is 0.478. The van der Waals surface area contributed by atoms with Crippen molar-refractivity contribution in [3.05, 3.63) is 45.4 Å². The molecule has 0 spiro atoms. The van der Waals surface area contributed by atoms with E-state index in [1.165, 1.54) is 23.1 Å². The molecule has 0 aliphatic heterocycles. The van der Waals surface area contributed by atoms with Gasteiger partial charge in [0.2, 0.25) is 0 Å². The molecule has 0 saturated carbocycles. The Balaban J connectivity index is 2.08. The zero-order valence-electron chi connectivity index (χ0n) is 9.86. The normalized spacial score (nSPS) is 11.2. The van der Waals surface area contributed by atoms with Crippen molar-refractivity contribution in [1.29, 1.82) is 0 Å². The van der Waals surface area contributed by atoms with Gasteiger partial charge in [-0.05, 0) is 30.3 Å². The second kappa shape index (κ2) is 5.62. The number of nitrogens with zero attached hydrogens (tertiary/aromatic N) is 1. The number of anilines is 1. The summed E-state index contributed by atoms with van der Waals surface area (Å²) in [6.07, 6.45) is 0. The molecule has 0 fully saturated rings. The van der Waals surface area contributed by atoms with Gasteiger partial charge in [0.05, 0.1) is 25.2 Å². The van der Waals surface area contributed by atoms with Gasteiger partial charge >= 0.3 is 0 Å². The Kier molecular flexibility index (Phi) is 4.02. The number of halogens is 3. The van der Waals surface area contributed by atoms with Gasteiger partial charge in [0.15, 0.2) is 5.13 Å². The maximum absolute atomic E-state index is 6.42. The van der Waals surface area contributed by atoms with Gasteiger partial charge < -0.3 is 5.73 Å². The first-order valence-electron chi connectivity index (χ1n) is 5.52. The van der Waals surface area contributed by atoms with Gasteiger partial charge in [0, 0.05) is 9.92 Å². The molecular formula is C13H7Cl3N2S2. The Hall–Kier alpha value is -0.650. The van der Waals surface area contributed by atoms with Crippen LogP contribution in [0.4, 0.5) is 5.13 Å². The average molecular weight is 362 g/mol. The average Bonchev–Trinajstić information content (AvgIpc) is 2.77. The molecule has 7 heteroatoms. The lowest BCUT2D eigenvalue weighted by Gasteiger charge is -2.07. The van der Waals surface area contributed by atoms with Gasteiger partial charge in [0.25, 0.3) is 0 Å². The largest absolute Gasteiger partial charge is 0.375 e. The zero-order chi connectivity index (χ0) is 14.3. The number of fused-ring (bicyclic) bond motifs is 1. The number of rotatable bonds is 2. The Morgan fingerprint density at radius 2 is 1.80 bits per heavy atom. The van der Waals surface area contributed by atoms with Crippen molar-refractivity contribution in [2.75, 3.05) is 5.73 Å². The quantitative estimate of drug-likeness (QED) is 0.609. The molecule has 1 aromatic heterocycles. The molecule has 0 unspecified atom stereocenters. The van der Waals surface area contributed by atoms with Crippen LogP contribution in [-0.2, 0) is 0 Å². The first-order valence-corrected chi connectivity index (χ1v) is 8.28. The van der Waals surface area contributed by atoms with E-state index in [0.29, 0.717) is 20.2 Å². The first kappa shape index (κ1) is 14.3. The maximum atomic E-state index is 6.42. The van der Waals surface area contributed by atoms with E-state index in [9.17, 15) is 0 Å². The Morgan fingerprint density at radius 3 is 2.50 bits per heavy atom. The number of benzene rings is 2. The molecule has 0 bridgehead atoms. The molecule has 0 atom stereocenters. The zero-order valence-corrected chi connectivity index (χ0v) is 13.8. The maximum Gasteiger partial charge on any atom is 0.181 e. The fraction of sp³-hybridized carbons (Fsp3) is 0. The first-order chi connectivity index (χ1) is 9.54. The summed E-state index contributed by atoms with van der Waals surface area (Å²) in [5.41, 5.74) is 6.44. The van der Waals surface area contributed by atoms with Crippen molar-refractivity contribution in [1.82, 2.24) is 4.98 Å². The van der Waals surface area contributed by atoms with E-state index in [1.54, 1.807) is 6.07 Å². The number of aromatic nitrogens is 1. The van der Waals surface area contributed by atoms with Crippen molar-refractivity contribution in [3.63, 3.8) is 0 Å². The molecule has 20 heavy (non-hydrogen) atoms. The number of nitrogen functional groups attached to an aromatic ring is 1. The van der Waals surface area contributed by atoms with E-state index in [4.69, 9.17) is 40.5 Å². The highest BCUT2D eigenvalue weighted by Crippen LogP contribution is 2.44. The molecule has 0 radical (unpaired) electrons. The molecule has 0 amide bonds. The lowest BCUT2D eigenvalue weighted by molar-refractivity contribution is 1.41. The van der Waals surface area contributed by atoms with Crippen molar-refractivity contribution >= 4 is 73.2 Å². The van der Waals surface area contributed by atoms with Crippen LogP contribution in [0.5, 0.6) is 0 Å². The fourth-order valence-corrected chi connectivity index (χ4v) is 4.30. The topological polar surface area (TPSA) is 38.9 Å². The van der Waals surface area contributed by atoms with Crippen molar-refractivity contribution in [2.24, 2.45) is 0 Å². The minimum absolute atomic E-state index is 0.478. The van der Waals surface area contributed by atoms with Crippen molar-refractivity contribution in [2.45, 2.75) is 9.79 Å². The summed E-state index contributed by atoms with van der Waals surface area (Å²) in [4.78, 5) is 6.00. The van der Waals surface area contributed by atoms with E-state index in [1.807, 2.05) is 24.3 Å². The fourth-order valence-electron chi connectivity index (χ4n) is 1.71. The van der Waals surface area contributed by atoms with E-state index in [2.05, 4.69) is 4.98 Å². The van der Waals surface area contributed by atoms with Crippen LogP contribution < -0.4 is 5.73 Å². The highest BCUT2D eigenvalue weighted by atomic mass is 35.5. The summed E-state index contributed by atoms with van der Waals surface area (Å²) in [6, 6.07) is 9.29. The molecular weight excluding hydrogens is 355 g/mol. The van der Waals surface area contributed by atoms with E-state index >= 15 is 0 Å². The SMILES string of the molecule is Nc1nc2cc(Cl)c(Sc3ccc(Cl)cc3)c(Cl)c2s1. The molecule has 0 aliphatic carbocycles. The lowest BCUT2D eigenvalue weighted by Crippen LogP contribution is -1.81. The van der Waals surface area contributed by atoms with Gasteiger partial charge in [0.1, 0.15) is 0 Å². The Bertz CT molecular complexity index is 784. The van der Waals surface area contributed by atoms with Crippen molar-refractivity contribution in [3.8, 4) is 0 Å². The number of nitrogens with two attached hydrogens (primary N) is 1.